The molecule has 0 saturated carbocycles. The average molecular weight is 448 g/mol. The van der Waals surface area contributed by atoms with Gasteiger partial charge in [0, 0.05) is 6.54 Å². The van der Waals surface area contributed by atoms with Crippen LogP contribution in [0.2, 0.25) is 0 Å². The second-order valence-electron chi connectivity index (χ2n) is 9.07. The third kappa shape index (κ3) is 4.71. The Hall–Kier alpha value is -3.39. The Balaban J connectivity index is 1.20. The van der Waals surface area contributed by atoms with Crippen LogP contribution >= 0.6 is 0 Å². The van der Waals surface area contributed by atoms with Crippen LogP contribution in [0.3, 0.4) is 0 Å². The largest absolute Gasteiger partial charge is 0.486 e. The van der Waals surface area contributed by atoms with Crippen molar-refractivity contribution in [2.24, 2.45) is 0 Å². The van der Waals surface area contributed by atoms with Crippen LogP contribution in [0.1, 0.15) is 30.7 Å². The SMILES string of the molecule is CC1(C)NC(Cc2ccccc2)C(=O)N1Cc1cn(CCc2ccc3c(c2)OCCO3)nn1. The van der Waals surface area contributed by atoms with Gasteiger partial charge in [-0.1, -0.05) is 41.6 Å². The molecule has 0 spiro atoms. The first-order valence-electron chi connectivity index (χ1n) is 11.4. The molecule has 0 radical (unpaired) electrons. The summed E-state index contributed by atoms with van der Waals surface area (Å²) in [6, 6.07) is 15.9. The molecule has 2 aliphatic rings. The van der Waals surface area contributed by atoms with E-state index in [4.69, 9.17) is 9.47 Å². The number of hydrogen-bond donors (Lipinski definition) is 1. The highest BCUT2D eigenvalue weighted by atomic mass is 16.6. The van der Waals surface area contributed by atoms with Gasteiger partial charge in [-0.15, -0.1) is 5.10 Å². The Kier molecular flexibility index (Phi) is 5.76. The Morgan fingerprint density at radius 2 is 1.85 bits per heavy atom. The molecule has 1 saturated heterocycles. The minimum Gasteiger partial charge on any atom is -0.486 e. The summed E-state index contributed by atoms with van der Waals surface area (Å²) in [4.78, 5) is 15.0. The van der Waals surface area contributed by atoms with Gasteiger partial charge >= 0.3 is 0 Å². The van der Waals surface area contributed by atoms with Gasteiger partial charge in [-0.3, -0.25) is 14.8 Å². The molecule has 3 heterocycles. The minimum absolute atomic E-state index is 0.0923. The van der Waals surface area contributed by atoms with Crippen LogP contribution in [0.4, 0.5) is 0 Å². The van der Waals surface area contributed by atoms with E-state index in [1.54, 1.807) is 0 Å². The minimum atomic E-state index is -0.453. The number of ether oxygens (including phenoxy) is 2. The summed E-state index contributed by atoms with van der Waals surface area (Å²) in [5.74, 6) is 1.69. The Labute approximate surface area is 193 Å². The lowest BCUT2D eigenvalue weighted by molar-refractivity contribution is -0.132. The molecule has 0 aliphatic carbocycles. The first-order chi connectivity index (χ1) is 16.0. The number of carbonyl (C=O) groups is 1. The summed E-state index contributed by atoms with van der Waals surface area (Å²) < 4.78 is 13.1. The maximum absolute atomic E-state index is 13.2. The number of nitrogens with zero attached hydrogens (tertiary/aromatic N) is 4. The van der Waals surface area contributed by atoms with Gasteiger partial charge in [-0.2, -0.15) is 0 Å². The molecule has 0 bridgehead atoms. The molecule has 2 aliphatic heterocycles. The van der Waals surface area contributed by atoms with E-state index < -0.39 is 5.66 Å². The van der Waals surface area contributed by atoms with Gasteiger partial charge in [0.2, 0.25) is 5.91 Å². The number of benzene rings is 2. The molecule has 1 atom stereocenters. The van der Waals surface area contributed by atoms with Gasteiger partial charge < -0.3 is 14.4 Å². The van der Waals surface area contributed by atoms with E-state index in [0.29, 0.717) is 32.7 Å². The van der Waals surface area contributed by atoms with Crippen LogP contribution < -0.4 is 14.8 Å². The van der Waals surface area contributed by atoms with Crippen molar-refractivity contribution in [1.29, 1.82) is 0 Å². The number of rotatable bonds is 7. The third-order valence-electron chi connectivity index (χ3n) is 6.19. The van der Waals surface area contributed by atoms with Gasteiger partial charge in [0.05, 0.1) is 24.4 Å². The van der Waals surface area contributed by atoms with E-state index in [1.807, 2.05) is 60.0 Å². The number of aromatic nitrogens is 3. The van der Waals surface area contributed by atoms with Crippen molar-refractivity contribution < 1.29 is 14.3 Å². The lowest BCUT2D eigenvalue weighted by Gasteiger charge is -2.30. The second-order valence-corrected chi connectivity index (χ2v) is 9.07. The fourth-order valence-electron chi connectivity index (χ4n) is 4.46. The van der Waals surface area contributed by atoms with E-state index >= 15 is 0 Å². The first kappa shape index (κ1) is 21.5. The maximum Gasteiger partial charge on any atom is 0.241 e. The summed E-state index contributed by atoms with van der Waals surface area (Å²) in [7, 11) is 0. The van der Waals surface area contributed by atoms with Gasteiger partial charge in [0.1, 0.15) is 18.9 Å². The number of fused-ring (bicyclic) bond motifs is 1. The topological polar surface area (TPSA) is 81.5 Å². The van der Waals surface area contributed by atoms with Crippen LogP contribution in [0.5, 0.6) is 11.5 Å². The molecule has 1 aromatic heterocycles. The smallest absolute Gasteiger partial charge is 0.241 e. The van der Waals surface area contributed by atoms with Gasteiger partial charge in [-0.25, -0.2) is 0 Å². The van der Waals surface area contributed by atoms with Crippen molar-refractivity contribution in [2.75, 3.05) is 13.2 Å². The van der Waals surface area contributed by atoms with E-state index in [-0.39, 0.29) is 11.9 Å². The first-order valence-corrected chi connectivity index (χ1v) is 11.4. The van der Waals surface area contributed by atoms with Crippen molar-refractivity contribution in [3.8, 4) is 11.5 Å². The molecule has 8 heteroatoms. The number of aryl methyl sites for hydroxylation is 2. The van der Waals surface area contributed by atoms with E-state index in [2.05, 4.69) is 33.8 Å². The van der Waals surface area contributed by atoms with Crippen LogP contribution in [-0.4, -0.2) is 50.7 Å². The summed E-state index contributed by atoms with van der Waals surface area (Å²) in [5, 5.41) is 12.1. The molecular formula is C25H29N5O3. The zero-order valence-electron chi connectivity index (χ0n) is 19.0. The van der Waals surface area contributed by atoms with Crippen LogP contribution in [0, 0.1) is 0 Å². The van der Waals surface area contributed by atoms with Crippen LogP contribution in [0.25, 0.3) is 0 Å². The fourth-order valence-corrected chi connectivity index (χ4v) is 4.46. The summed E-state index contributed by atoms with van der Waals surface area (Å²) >= 11 is 0. The van der Waals surface area contributed by atoms with Crippen molar-refractivity contribution in [3.63, 3.8) is 0 Å². The van der Waals surface area contributed by atoms with Crippen molar-refractivity contribution in [1.82, 2.24) is 25.2 Å². The predicted octanol–water partition coefficient (Wildman–Crippen LogP) is 2.57. The Bertz CT molecular complexity index is 1130. The molecule has 1 amide bonds. The fraction of sp³-hybridized carbons (Fsp3) is 0.400. The molecule has 1 unspecified atom stereocenters. The highest BCUT2D eigenvalue weighted by Gasteiger charge is 2.44. The highest BCUT2D eigenvalue weighted by Crippen LogP contribution is 2.31. The van der Waals surface area contributed by atoms with Crippen LogP contribution in [-0.2, 0) is 30.7 Å². The number of carbonyl (C=O) groups excluding carboxylic acids is 1. The van der Waals surface area contributed by atoms with Gasteiger partial charge in [0.15, 0.2) is 11.5 Å². The van der Waals surface area contributed by atoms with Gasteiger partial charge in [-0.05, 0) is 49.9 Å². The molecule has 1 fully saturated rings. The zero-order valence-corrected chi connectivity index (χ0v) is 19.0. The van der Waals surface area contributed by atoms with E-state index in [1.165, 1.54) is 0 Å². The van der Waals surface area contributed by atoms with E-state index in [9.17, 15) is 4.79 Å². The highest BCUT2D eigenvalue weighted by molar-refractivity contribution is 5.85. The molecule has 8 nitrogen and oxygen atoms in total. The number of amides is 1. The summed E-state index contributed by atoms with van der Waals surface area (Å²) in [5.41, 5.74) is 2.62. The van der Waals surface area contributed by atoms with Crippen molar-refractivity contribution >= 4 is 5.91 Å². The second kappa shape index (κ2) is 8.86. The van der Waals surface area contributed by atoms with Gasteiger partial charge in [0.25, 0.3) is 0 Å². The summed E-state index contributed by atoms with van der Waals surface area (Å²) in [6.45, 7) is 6.35. The van der Waals surface area contributed by atoms with E-state index in [0.717, 1.165) is 34.7 Å². The summed E-state index contributed by atoms with van der Waals surface area (Å²) in [6.07, 6.45) is 3.39. The standard InChI is InChI=1S/C25H29N5O3/c1-25(2)26-21(14-18-6-4-3-5-7-18)24(31)30(25)17-20-16-29(28-27-20)11-10-19-8-9-22-23(15-19)33-13-12-32-22/h3-9,15-16,21,26H,10-14,17H2,1-2H3. The molecule has 1 N–H and O–H groups in total. The Morgan fingerprint density at radius 1 is 1.06 bits per heavy atom. The number of hydrogen-bond acceptors (Lipinski definition) is 6. The molecule has 2 aromatic carbocycles. The third-order valence-corrected chi connectivity index (χ3v) is 6.19. The van der Waals surface area contributed by atoms with Crippen molar-refractivity contribution in [2.45, 2.75) is 51.5 Å². The predicted molar refractivity (Wildman–Crippen MR) is 123 cm³/mol. The normalized spacial score (nSPS) is 19.2. The molecule has 172 valence electrons. The maximum atomic E-state index is 13.2. The molecule has 33 heavy (non-hydrogen) atoms. The Morgan fingerprint density at radius 3 is 2.67 bits per heavy atom. The molecular weight excluding hydrogens is 418 g/mol. The van der Waals surface area contributed by atoms with Crippen molar-refractivity contribution in [3.05, 3.63) is 71.5 Å². The lowest BCUT2D eigenvalue weighted by Crippen LogP contribution is -2.47. The average Bonchev–Trinajstić information content (AvgIpc) is 3.36. The number of nitrogens with one attached hydrogen (secondary N) is 1. The molecule has 3 aromatic rings. The lowest BCUT2D eigenvalue weighted by atomic mass is 10.1. The zero-order chi connectivity index (χ0) is 22.8. The monoisotopic (exact) mass is 447 g/mol. The quantitative estimate of drug-likeness (QED) is 0.600. The molecule has 5 rings (SSSR count). The van der Waals surface area contributed by atoms with Crippen LogP contribution in [0.15, 0.2) is 54.7 Å².